The molecule has 0 aromatic heterocycles. The van der Waals surface area contributed by atoms with Gasteiger partial charge in [0.2, 0.25) is 0 Å². The first kappa shape index (κ1) is 14.4. The highest BCUT2D eigenvalue weighted by molar-refractivity contribution is 5.54. The fraction of sp³-hybridized carbons (Fsp3) is 0.333. The monoisotopic (exact) mass is 268 g/mol. The molecule has 0 heterocycles. The normalized spacial score (nSPS) is 10.3. The van der Waals surface area contributed by atoms with Crippen molar-refractivity contribution in [2.24, 2.45) is 0 Å². The molecule has 0 aliphatic rings. The van der Waals surface area contributed by atoms with Crippen LogP contribution in [0.2, 0.25) is 0 Å². The molecule has 2 rings (SSSR count). The van der Waals surface area contributed by atoms with Gasteiger partial charge in [-0.1, -0.05) is 31.2 Å². The summed E-state index contributed by atoms with van der Waals surface area (Å²) in [5, 5.41) is 3.14. The maximum atomic E-state index is 3.14. The number of likely N-dealkylation sites (N-methyl/N-ethyl adjacent to an activating group) is 1. The first-order valence-electron chi connectivity index (χ1n) is 7.29. The van der Waals surface area contributed by atoms with E-state index in [0.717, 1.165) is 25.1 Å². The summed E-state index contributed by atoms with van der Waals surface area (Å²) in [6.07, 6.45) is 2.19. The van der Waals surface area contributed by atoms with Crippen LogP contribution in [-0.4, -0.2) is 20.6 Å². The highest BCUT2D eigenvalue weighted by Gasteiger charge is 2.01. The van der Waals surface area contributed by atoms with E-state index in [4.69, 9.17) is 0 Å². The van der Waals surface area contributed by atoms with Gasteiger partial charge in [-0.25, -0.2) is 0 Å². The molecule has 0 amide bonds. The fourth-order valence-electron chi connectivity index (χ4n) is 2.25. The van der Waals surface area contributed by atoms with Crippen molar-refractivity contribution in [1.82, 2.24) is 0 Å². The minimum atomic E-state index is 1.03. The number of aryl methyl sites for hydroxylation is 1. The van der Waals surface area contributed by atoms with Crippen molar-refractivity contribution < 1.29 is 0 Å². The van der Waals surface area contributed by atoms with Gasteiger partial charge in [0, 0.05) is 32.0 Å². The van der Waals surface area contributed by atoms with Gasteiger partial charge >= 0.3 is 0 Å². The summed E-state index contributed by atoms with van der Waals surface area (Å²) in [7, 11) is 4.09. The predicted octanol–water partition coefficient (Wildman–Crippen LogP) is 3.97. The molecule has 0 spiro atoms. The number of hydrogen-bond acceptors (Lipinski definition) is 2. The topological polar surface area (TPSA) is 15.3 Å². The Morgan fingerprint density at radius 3 is 2.05 bits per heavy atom. The van der Waals surface area contributed by atoms with Gasteiger partial charge < -0.3 is 10.2 Å². The van der Waals surface area contributed by atoms with E-state index in [0.29, 0.717) is 0 Å². The van der Waals surface area contributed by atoms with Crippen molar-refractivity contribution in [2.75, 3.05) is 30.9 Å². The lowest BCUT2D eigenvalue weighted by molar-refractivity contribution is 0.876. The summed E-state index contributed by atoms with van der Waals surface area (Å²) < 4.78 is 0. The van der Waals surface area contributed by atoms with E-state index in [1.165, 1.54) is 16.8 Å². The van der Waals surface area contributed by atoms with Crippen LogP contribution in [0.3, 0.4) is 0 Å². The van der Waals surface area contributed by atoms with Crippen molar-refractivity contribution in [3.63, 3.8) is 0 Å². The van der Waals surface area contributed by atoms with Crippen LogP contribution in [0.25, 0.3) is 0 Å². The first-order chi connectivity index (χ1) is 9.72. The third kappa shape index (κ3) is 3.77. The molecule has 0 aliphatic heterocycles. The van der Waals surface area contributed by atoms with Gasteiger partial charge in [0.25, 0.3) is 0 Å². The first-order valence-corrected chi connectivity index (χ1v) is 7.29. The van der Waals surface area contributed by atoms with E-state index in [9.17, 15) is 0 Å². The lowest BCUT2D eigenvalue weighted by Crippen LogP contribution is -2.20. The Morgan fingerprint density at radius 1 is 0.900 bits per heavy atom. The summed E-state index contributed by atoms with van der Waals surface area (Å²) in [5.41, 5.74) is 5.22. The second kappa shape index (κ2) is 6.99. The second-order valence-corrected chi connectivity index (χ2v) is 5.14. The van der Waals surface area contributed by atoms with Crippen LogP contribution >= 0.6 is 0 Å². The smallest absolute Gasteiger partial charge is 0.0365 e. The molecule has 0 atom stereocenters. The highest BCUT2D eigenvalue weighted by Crippen LogP contribution is 2.17. The van der Waals surface area contributed by atoms with E-state index >= 15 is 0 Å². The number of nitrogens with zero attached hydrogens (tertiary/aromatic N) is 1. The molecule has 0 saturated heterocycles. The Hall–Kier alpha value is -1.96. The minimum Gasteiger partial charge on any atom is -0.388 e. The number of rotatable bonds is 6. The third-order valence-electron chi connectivity index (χ3n) is 3.76. The molecule has 0 aliphatic carbocycles. The maximum Gasteiger partial charge on any atom is 0.0365 e. The van der Waals surface area contributed by atoms with Gasteiger partial charge in [0.15, 0.2) is 0 Å². The zero-order chi connectivity index (χ0) is 14.4. The van der Waals surface area contributed by atoms with Crippen molar-refractivity contribution in [3.8, 4) is 0 Å². The lowest BCUT2D eigenvalue weighted by atomic mass is 10.1. The highest BCUT2D eigenvalue weighted by atomic mass is 15.1. The van der Waals surface area contributed by atoms with Crippen LogP contribution < -0.4 is 10.2 Å². The summed E-state index contributed by atoms with van der Waals surface area (Å²) in [4.78, 5) is 2.30. The van der Waals surface area contributed by atoms with Crippen LogP contribution in [-0.2, 0) is 12.8 Å². The Bertz CT molecular complexity index is 514. The summed E-state index contributed by atoms with van der Waals surface area (Å²) in [6.45, 7) is 3.22. The molecule has 0 radical (unpaired) electrons. The van der Waals surface area contributed by atoms with E-state index in [-0.39, 0.29) is 0 Å². The average molecular weight is 268 g/mol. The molecule has 1 N–H and O–H groups in total. The summed E-state index contributed by atoms with van der Waals surface area (Å²) >= 11 is 0. The van der Waals surface area contributed by atoms with Crippen LogP contribution in [0.15, 0.2) is 48.5 Å². The van der Waals surface area contributed by atoms with Crippen LogP contribution in [0.1, 0.15) is 18.1 Å². The average Bonchev–Trinajstić information content (AvgIpc) is 2.53. The molecule has 2 heteroatoms. The molecule has 20 heavy (non-hydrogen) atoms. The van der Waals surface area contributed by atoms with Gasteiger partial charge in [-0.05, 0) is 48.2 Å². The van der Waals surface area contributed by atoms with Crippen LogP contribution in [0.5, 0.6) is 0 Å². The van der Waals surface area contributed by atoms with Gasteiger partial charge in [-0.2, -0.15) is 0 Å². The molecule has 0 unspecified atom stereocenters. The molecular weight excluding hydrogens is 244 g/mol. The SMILES string of the molecule is CCc1ccc(CCN(C)c2ccc(NC)cc2)cc1. The van der Waals surface area contributed by atoms with E-state index < -0.39 is 0 Å². The molecule has 2 aromatic carbocycles. The zero-order valence-corrected chi connectivity index (χ0v) is 12.7. The van der Waals surface area contributed by atoms with E-state index in [2.05, 4.69) is 72.7 Å². The molecule has 0 bridgehead atoms. The fourth-order valence-corrected chi connectivity index (χ4v) is 2.25. The Labute approximate surface area is 122 Å². The quantitative estimate of drug-likeness (QED) is 0.853. The zero-order valence-electron chi connectivity index (χ0n) is 12.7. The van der Waals surface area contributed by atoms with Crippen LogP contribution in [0.4, 0.5) is 11.4 Å². The lowest BCUT2D eigenvalue weighted by Gasteiger charge is -2.19. The molecule has 0 saturated carbocycles. The number of hydrogen-bond donors (Lipinski definition) is 1. The van der Waals surface area contributed by atoms with Crippen molar-refractivity contribution in [1.29, 1.82) is 0 Å². The molecule has 106 valence electrons. The predicted molar refractivity (Wildman–Crippen MR) is 88.8 cm³/mol. The van der Waals surface area contributed by atoms with Crippen molar-refractivity contribution in [3.05, 3.63) is 59.7 Å². The largest absolute Gasteiger partial charge is 0.388 e. The molecule has 2 nitrogen and oxygen atoms in total. The summed E-state index contributed by atoms with van der Waals surface area (Å²) in [5.74, 6) is 0. The number of nitrogens with one attached hydrogen (secondary N) is 1. The summed E-state index contributed by atoms with van der Waals surface area (Å²) in [6, 6.07) is 17.5. The standard InChI is InChI=1S/C18H24N2/c1-4-15-5-7-16(8-6-15)13-14-20(3)18-11-9-17(19-2)10-12-18/h5-12,19H,4,13-14H2,1-3H3. The van der Waals surface area contributed by atoms with Gasteiger partial charge in [-0.3, -0.25) is 0 Å². The minimum absolute atomic E-state index is 1.03. The van der Waals surface area contributed by atoms with E-state index in [1.54, 1.807) is 0 Å². The number of benzene rings is 2. The van der Waals surface area contributed by atoms with Gasteiger partial charge in [-0.15, -0.1) is 0 Å². The maximum absolute atomic E-state index is 3.14. The Balaban J connectivity index is 1.91. The molecule has 0 fully saturated rings. The Kier molecular flexibility index (Phi) is 5.05. The molecular formula is C18H24N2. The van der Waals surface area contributed by atoms with Crippen molar-refractivity contribution in [2.45, 2.75) is 19.8 Å². The third-order valence-corrected chi connectivity index (χ3v) is 3.76. The van der Waals surface area contributed by atoms with E-state index in [1.807, 2.05) is 7.05 Å². The van der Waals surface area contributed by atoms with Gasteiger partial charge in [0.1, 0.15) is 0 Å². The van der Waals surface area contributed by atoms with Gasteiger partial charge in [0.05, 0.1) is 0 Å². The Morgan fingerprint density at radius 2 is 1.50 bits per heavy atom. The van der Waals surface area contributed by atoms with Crippen LogP contribution in [0, 0.1) is 0 Å². The van der Waals surface area contributed by atoms with Crippen molar-refractivity contribution >= 4 is 11.4 Å². The second-order valence-electron chi connectivity index (χ2n) is 5.14. The molecule has 2 aromatic rings. The number of anilines is 2.